The van der Waals surface area contributed by atoms with Crippen LogP contribution in [0.25, 0.3) is 0 Å². The molecule has 1 heterocycles. The van der Waals surface area contributed by atoms with Gasteiger partial charge in [-0.05, 0) is 49.5 Å². The third kappa shape index (κ3) is 4.73. The van der Waals surface area contributed by atoms with Gasteiger partial charge < -0.3 is 10.6 Å². The Kier molecular flexibility index (Phi) is 5.45. The van der Waals surface area contributed by atoms with Gasteiger partial charge >= 0.3 is 6.18 Å². The van der Waals surface area contributed by atoms with E-state index in [1.807, 2.05) is 6.92 Å². The first kappa shape index (κ1) is 16.8. The van der Waals surface area contributed by atoms with Crippen molar-refractivity contribution in [2.75, 3.05) is 13.1 Å². The molecule has 1 fully saturated rings. The van der Waals surface area contributed by atoms with Crippen LogP contribution in [-0.4, -0.2) is 25.0 Å². The summed E-state index contributed by atoms with van der Waals surface area (Å²) in [6.07, 6.45) is -2.20. The molecule has 3 nitrogen and oxygen atoms in total. The van der Waals surface area contributed by atoms with Crippen LogP contribution in [0.2, 0.25) is 0 Å². The van der Waals surface area contributed by atoms with E-state index in [1.165, 1.54) is 12.1 Å². The average Bonchev–Trinajstić information content (AvgIpc) is 2.47. The van der Waals surface area contributed by atoms with Crippen molar-refractivity contribution in [3.63, 3.8) is 0 Å². The van der Waals surface area contributed by atoms with Crippen LogP contribution in [0.4, 0.5) is 13.2 Å². The molecule has 0 aromatic heterocycles. The Morgan fingerprint density at radius 3 is 2.41 bits per heavy atom. The number of halogens is 3. The number of nitrogens with one attached hydrogen (secondary N) is 2. The maximum absolute atomic E-state index is 12.5. The lowest BCUT2D eigenvalue weighted by Crippen LogP contribution is -2.42. The Balaban J connectivity index is 1.88. The lowest BCUT2D eigenvalue weighted by molar-refractivity contribution is -0.137. The highest BCUT2D eigenvalue weighted by atomic mass is 19.4. The van der Waals surface area contributed by atoms with Crippen LogP contribution in [-0.2, 0) is 11.0 Å². The van der Waals surface area contributed by atoms with E-state index in [9.17, 15) is 18.0 Å². The van der Waals surface area contributed by atoms with Crippen molar-refractivity contribution >= 4 is 5.91 Å². The molecule has 0 saturated carbocycles. The molecule has 2 rings (SSSR count). The fourth-order valence-electron chi connectivity index (χ4n) is 2.65. The number of carbonyl (C=O) groups is 1. The van der Waals surface area contributed by atoms with Crippen LogP contribution in [0.5, 0.6) is 0 Å². The van der Waals surface area contributed by atoms with E-state index < -0.39 is 11.7 Å². The smallest absolute Gasteiger partial charge is 0.353 e. The minimum Gasteiger partial charge on any atom is -0.353 e. The number of carbonyl (C=O) groups excluding carboxylic acids is 1. The summed E-state index contributed by atoms with van der Waals surface area (Å²) in [4.78, 5) is 12.0. The van der Waals surface area contributed by atoms with Crippen molar-refractivity contribution in [1.29, 1.82) is 0 Å². The van der Waals surface area contributed by atoms with Gasteiger partial charge in [-0.1, -0.05) is 19.1 Å². The van der Waals surface area contributed by atoms with E-state index in [-0.39, 0.29) is 24.3 Å². The molecular formula is C16H21F3N2O. The summed E-state index contributed by atoms with van der Waals surface area (Å²) in [5.41, 5.74) is 0.0797. The minimum absolute atomic E-state index is 0.0423. The fourth-order valence-corrected chi connectivity index (χ4v) is 2.65. The van der Waals surface area contributed by atoms with Crippen LogP contribution in [0.1, 0.15) is 43.2 Å². The van der Waals surface area contributed by atoms with E-state index in [2.05, 4.69) is 10.6 Å². The predicted octanol–water partition coefficient (Wildman–Crippen LogP) is 3.07. The van der Waals surface area contributed by atoms with Crippen molar-refractivity contribution in [2.45, 2.75) is 44.3 Å². The monoisotopic (exact) mass is 314 g/mol. The van der Waals surface area contributed by atoms with Crippen molar-refractivity contribution in [3.05, 3.63) is 35.4 Å². The molecule has 0 bridgehead atoms. The van der Waals surface area contributed by atoms with Crippen molar-refractivity contribution in [1.82, 2.24) is 10.6 Å². The molecule has 1 aliphatic heterocycles. The largest absolute Gasteiger partial charge is 0.416 e. The zero-order chi connectivity index (χ0) is 16.2. The molecule has 22 heavy (non-hydrogen) atoms. The molecule has 6 heteroatoms. The Bertz CT molecular complexity index is 493. The molecule has 1 aromatic carbocycles. The van der Waals surface area contributed by atoms with Crippen LogP contribution in [0.15, 0.2) is 24.3 Å². The van der Waals surface area contributed by atoms with E-state index in [0.717, 1.165) is 43.6 Å². The number of benzene rings is 1. The molecule has 0 aliphatic carbocycles. The summed E-state index contributed by atoms with van der Waals surface area (Å²) in [5, 5.41) is 6.23. The number of amides is 1. The van der Waals surface area contributed by atoms with E-state index in [0.29, 0.717) is 0 Å². The topological polar surface area (TPSA) is 41.1 Å². The Labute approximate surface area is 128 Å². The fraction of sp³-hybridized carbons (Fsp3) is 0.562. The normalized spacial score (nSPS) is 18.0. The molecule has 1 aromatic rings. The molecule has 122 valence electrons. The lowest BCUT2D eigenvalue weighted by Gasteiger charge is -2.24. The van der Waals surface area contributed by atoms with Gasteiger partial charge in [0.15, 0.2) is 0 Å². The molecule has 1 saturated heterocycles. The van der Waals surface area contributed by atoms with Crippen LogP contribution < -0.4 is 10.6 Å². The number of alkyl halides is 3. The highest BCUT2D eigenvalue weighted by molar-refractivity contribution is 5.77. The Morgan fingerprint density at radius 1 is 1.27 bits per heavy atom. The van der Waals surface area contributed by atoms with Crippen molar-refractivity contribution in [3.8, 4) is 0 Å². The summed E-state index contributed by atoms with van der Waals surface area (Å²) in [5.74, 6) is -0.150. The highest BCUT2D eigenvalue weighted by Gasteiger charge is 2.30. The van der Waals surface area contributed by atoms with E-state index in [4.69, 9.17) is 0 Å². The molecule has 1 unspecified atom stereocenters. The van der Waals surface area contributed by atoms with Crippen LogP contribution in [0.3, 0.4) is 0 Å². The summed E-state index contributed by atoms with van der Waals surface area (Å²) in [7, 11) is 0. The number of piperidine rings is 1. The third-order valence-corrected chi connectivity index (χ3v) is 4.00. The SMILES string of the molecule is CC(CC(=O)NC1CCNCC1)c1ccc(C(F)(F)F)cc1. The highest BCUT2D eigenvalue weighted by Crippen LogP contribution is 2.30. The summed E-state index contributed by atoms with van der Waals surface area (Å²) in [6.45, 7) is 3.66. The first-order valence-electron chi connectivity index (χ1n) is 7.53. The van der Waals surface area contributed by atoms with Gasteiger partial charge in [-0.3, -0.25) is 4.79 Å². The Hall–Kier alpha value is -1.56. The minimum atomic E-state index is -4.33. The lowest BCUT2D eigenvalue weighted by atomic mass is 9.96. The Morgan fingerprint density at radius 2 is 1.86 bits per heavy atom. The number of hydrogen-bond donors (Lipinski definition) is 2. The second kappa shape index (κ2) is 7.13. The number of hydrogen-bond acceptors (Lipinski definition) is 2. The zero-order valence-electron chi connectivity index (χ0n) is 12.5. The molecule has 0 radical (unpaired) electrons. The van der Waals surface area contributed by atoms with E-state index >= 15 is 0 Å². The van der Waals surface area contributed by atoms with Gasteiger partial charge in [0, 0.05) is 12.5 Å². The quantitative estimate of drug-likeness (QED) is 0.897. The van der Waals surface area contributed by atoms with Gasteiger partial charge in [-0.25, -0.2) is 0 Å². The van der Waals surface area contributed by atoms with Crippen LogP contribution in [0, 0.1) is 0 Å². The van der Waals surface area contributed by atoms with Gasteiger partial charge in [-0.2, -0.15) is 13.2 Å². The van der Waals surface area contributed by atoms with Gasteiger partial charge in [-0.15, -0.1) is 0 Å². The van der Waals surface area contributed by atoms with E-state index in [1.54, 1.807) is 0 Å². The summed E-state index contributed by atoms with van der Waals surface area (Å²) >= 11 is 0. The third-order valence-electron chi connectivity index (χ3n) is 4.00. The van der Waals surface area contributed by atoms with Crippen molar-refractivity contribution in [2.24, 2.45) is 0 Å². The molecule has 0 spiro atoms. The average molecular weight is 314 g/mol. The summed E-state index contributed by atoms with van der Waals surface area (Å²) in [6, 6.07) is 5.23. The maximum Gasteiger partial charge on any atom is 0.416 e. The molecule has 2 N–H and O–H groups in total. The molecule has 1 amide bonds. The van der Waals surface area contributed by atoms with Gasteiger partial charge in [0.2, 0.25) is 5.91 Å². The molecule has 1 atom stereocenters. The number of rotatable bonds is 4. The standard InChI is InChI=1S/C16H21F3N2O/c1-11(10-15(22)21-14-6-8-20-9-7-14)12-2-4-13(5-3-12)16(17,18)19/h2-5,11,14,20H,6-10H2,1H3,(H,21,22). The maximum atomic E-state index is 12.5. The predicted molar refractivity (Wildman–Crippen MR) is 78.5 cm³/mol. The van der Waals surface area contributed by atoms with Gasteiger partial charge in [0.25, 0.3) is 0 Å². The van der Waals surface area contributed by atoms with Gasteiger partial charge in [0.05, 0.1) is 5.56 Å². The van der Waals surface area contributed by atoms with Crippen molar-refractivity contribution < 1.29 is 18.0 Å². The van der Waals surface area contributed by atoms with Crippen LogP contribution >= 0.6 is 0 Å². The second-order valence-corrected chi connectivity index (χ2v) is 5.82. The van der Waals surface area contributed by atoms with Gasteiger partial charge in [0.1, 0.15) is 0 Å². The second-order valence-electron chi connectivity index (χ2n) is 5.82. The first-order chi connectivity index (χ1) is 10.4. The first-order valence-corrected chi connectivity index (χ1v) is 7.53. The summed E-state index contributed by atoms with van der Waals surface area (Å²) < 4.78 is 37.6. The zero-order valence-corrected chi connectivity index (χ0v) is 12.5. The molecular weight excluding hydrogens is 293 g/mol. The molecule has 1 aliphatic rings.